The van der Waals surface area contributed by atoms with E-state index in [1.807, 2.05) is 0 Å². The van der Waals surface area contributed by atoms with Crippen LogP contribution in [0, 0.1) is 0 Å². The predicted molar refractivity (Wildman–Crippen MR) is 129 cm³/mol. The third kappa shape index (κ3) is 8.48. The highest BCUT2D eigenvalue weighted by atomic mass is 31.1. The Balaban J connectivity index is 0. The van der Waals surface area contributed by atoms with E-state index in [-0.39, 0.29) is 32.7 Å². The molecule has 0 spiro atoms. The number of rotatable bonds is 6. The molecular formula is C22H40B2P2. The van der Waals surface area contributed by atoms with Crippen molar-refractivity contribution in [1.82, 2.24) is 0 Å². The van der Waals surface area contributed by atoms with Crippen molar-refractivity contribution in [2.45, 2.75) is 103 Å². The molecular weight excluding hydrogens is 348 g/mol. The molecule has 0 aliphatic heterocycles. The molecule has 0 saturated carbocycles. The standard InChI is InChI=1S/C22H40P2.2B/c1-17(2)23(21(5,6)7)15-19-13-11-12-14-20(19)16-24(18(3)4)22(8,9)10;;/h11-14,17-18H,15-16H2,1-10H3;;. The SMILES string of the molecule is CC(C)P(Cc1ccccc1CP(C(C)C)C(C)(C)C)C(C)(C)C.[B].[B]. The van der Waals surface area contributed by atoms with Gasteiger partial charge in [0.2, 0.25) is 0 Å². The largest absolute Gasteiger partial charge is 0.0940 e. The Morgan fingerprint density at radius 3 is 1.12 bits per heavy atom. The maximum atomic E-state index is 2.43. The van der Waals surface area contributed by atoms with Crippen molar-refractivity contribution < 1.29 is 0 Å². The minimum Gasteiger partial charge on any atom is -0.0940 e. The average Bonchev–Trinajstić information content (AvgIpc) is 2.39. The zero-order valence-corrected chi connectivity index (χ0v) is 20.7. The molecule has 0 amide bonds. The molecule has 0 fully saturated rings. The van der Waals surface area contributed by atoms with Crippen LogP contribution < -0.4 is 0 Å². The van der Waals surface area contributed by atoms with Crippen LogP contribution in [-0.2, 0) is 12.3 Å². The van der Waals surface area contributed by atoms with Gasteiger partial charge < -0.3 is 0 Å². The van der Waals surface area contributed by atoms with Crippen LogP contribution in [-0.4, -0.2) is 38.5 Å². The van der Waals surface area contributed by atoms with Crippen LogP contribution in [0.4, 0.5) is 0 Å². The lowest BCUT2D eigenvalue weighted by atomic mass is 10.1. The Morgan fingerprint density at radius 2 is 0.923 bits per heavy atom. The summed E-state index contributed by atoms with van der Waals surface area (Å²) in [7, 11) is -0.0288. The Bertz CT molecular complexity index is 467. The van der Waals surface area contributed by atoms with Gasteiger partial charge in [-0.2, -0.15) is 0 Å². The van der Waals surface area contributed by atoms with Crippen LogP contribution in [0.5, 0.6) is 0 Å². The van der Waals surface area contributed by atoms with Gasteiger partial charge in [0.15, 0.2) is 0 Å². The van der Waals surface area contributed by atoms with Gasteiger partial charge in [0.1, 0.15) is 0 Å². The van der Waals surface area contributed by atoms with Crippen LogP contribution in [0.3, 0.4) is 0 Å². The van der Waals surface area contributed by atoms with Crippen molar-refractivity contribution >= 4 is 32.7 Å². The lowest BCUT2D eigenvalue weighted by Crippen LogP contribution is -2.20. The second-order valence-electron chi connectivity index (χ2n) is 9.55. The molecule has 1 aromatic carbocycles. The molecule has 2 atom stereocenters. The number of hydrogen-bond acceptors (Lipinski definition) is 0. The summed E-state index contributed by atoms with van der Waals surface area (Å²) in [6.45, 7) is 24.2. The zero-order chi connectivity index (χ0) is 18.7. The quantitative estimate of drug-likeness (QED) is 0.354. The van der Waals surface area contributed by atoms with Crippen molar-refractivity contribution in [2.75, 3.05) is 0 Å². The lowest BCUT2D eigenvalue weighted by Gasteiger charge is -2.37. The maximum absolute atomic E-state index is 2.43. The van der Waals surface area contributed by atoms with E-state index < -0.39 is 0 Å². The highest BCUT2D eigenvalue weighted by Gasteiger charge is 2.30. The van der Waals surface area contributed by atoms with E-state index in [4.69, 9.17) is 0 Å². The fourth-order valence-electron chi connectivity index (χ4n) is 3.62. The van der Waals surface area contributed by atoms with Crippen LogP contribution >= 0.6 is 15.8 Å². The molecule has 144 valence electrons. The summed E-state index contributed by atoms with van der Waals surface area (Å²) in [5.74, 6) is 0. The first kappa shape index (κ1) is 28.4. The van der Waals surface area contributed by atoms with Crippen molar-refractivity contribution in [2.24, 2.45) is 0 Å². The zero-order valence-electron chi connectivity index (χ0n) is 18.9. The molecule has 4 heteroatoms. The summed E-state index contributed by atoms with van der Waals surface area (Å²) in [6, 6.07) is 9.28. The smallest absolute Gasteiger partial charge is 0 e. The molecule has 1 rings (SSSR count). The first-order chi connectivity index (χ1) is 10.8. The normalized spacial score (nSPS) is 14.6. The van der Waals surface area contributed by atoms with Crippen molar-refractivity contribution in [3.05, 3.63) is 35.4 Å². The van der Waals surface area contributed by atoms with E-state index >= 15 is 0 Å². The topological polar surface area (TPSA) is 0 Å². The molecule has 6 radical (unpaired) electrons. The van der Waals surface area contributed by atoms with Crippen LogP contribution in [0.25, 0.3) is 0 Å². The molecule has 0 aliphatic carbocycles. The van der Waals surface area contributed by atoms with E-state index in [1.165, 1.54) is 12.3 Å². The lowest BCUT2D eigenvalue weighted by molar-refractivity contribution is 0.762. The summed E-state index contributed by atoms with van der Waals surface area (Å²) in [5, 5.41) is 0.840. The summed E-state index contributed by atoms with van der Waals surface area (Å²) in [4.78, 5) is 0. The predicted octanol–water partition coefficient (Wildman–Crippen LogP) is 7.30. The van der Waals surface area contributed by atoms with Crippen molar-refractivity contribution in [3.63, 3.8) is 0 Å². The van der Waals surface area contributed by atoms with E-state index in [9.17, 15) is 0 Å². The fourth-order valence-corrected chi connectivity index (χ4v) is 9.75. The van der Waals surface area contributed by atoms with Gasteiger partial charge in [-0.25, -0.2) is 0 Å². The molecule has 2 unspecified atom stereocenters. The van der Waals surface area contributed by atoms with Crippen molar-refractivity contribution in [3.8, 4) is 0 Å². The molecule has 0 aromatic heterocycles. The highest BCUT2D eigenvalue weighted by molar-refractivity contribution is 7.59. The third-order valence-corrected chi connectivity index (χ3v) is 12.1. The van der Waals surface area contributed by atoms with Gasteiger partial charge in [0.05, 0.1) is 0 Å². The van der Waals surface area contributed by atoms with Gasteiger partial charge in [0, 0.05) is 16.8 Å². The van der Waals surface area contributed by atoms with E-state index in [1.54, 1.807) is 11.1 Å². The van der Waals surface area contributed by atoms with Crippen molar-refractivity contribution in [1.29, 1.82) is 0 Å². The molecule has 0 aliphatic rings. The summed E-state index contributed by atoms with van der Waals surface area (Å²) >= 11 is 0. The molecule has 0 nitrogen and oxygen atoms in total. The highest BCUT2D eigenvalue weighted by Crippen LogP contribution is 2.58. The van der Waals surface area contributed by atoms with Crippen LogP contribution in [0.1, 0.15) is 80.4 Å². The molecule has 0 heterocycles. The average molecular weight is 388 g/mol. The second-order valence-corrected chi connectivity index (χ2v) is 16.8. The molecule has 26 heavy (non-hydrogen) atoms. The van der Waals surface area contributed by atoms with Gasteiger partial charge in [-0.1, -0.05) is 109 Å². The van der Waals surface area contributed by atoms with Gasteiger partial charge in [0.25, 0.3) is 0 Å². The van der Waals surface area contributed by atoms with Gasteiger partial charge >= 0.3 is 0 Å². The summed E-state index contributed by atoms with van der Waals surface area (Å²) in [5.41, 5.74) is 4.79. The monoisotopic (exact) mass is 388 g/mol. The maximum Gasteiger partial charge on any atom is 0 e. The molecule has 0 bridgehead atoms. The van der Waals surface area contributed by atoms with Gasteiger partial charge in [-0.05, 0) is 45.1 Å². The van der Waals surface area contributed by atoms with E-state index in [2.05, 4.69) is 93.5 Å². The van der Waals surface area contributed by atoms with E-state index in [0.717, 1.165) is 11.3 Å². The van der Waals surface area contributed by atoms with Gasteiger partial charge in [-0.3, -0.25) is 0 Å². The third-order valence-electron chi connectivity index (χ3n) is 4.77. The Hall–Kier alpha value is 0.210. The second kappa shape index (κ2) is 11.3. The fraction of sp³-hybridized carbons (Fsp3) is 0.727. The number of benzene rings is 1. The summed E-state index contributed by atoms with van der Waals surface area (Å²) < 4.78 is 0. The number of hydrogen-bond donors (Lipinski definition) is 0. The Kier molecular flexibility index (Phi) is 12.3. The Morgan fingerprint density at radius 1 is 0.654 bits per heavy atom. The van der Waals surface area contributed by atoms with Gasteiger partial charge in [-0.15, -0.1) is 0 Å². The Labute approximate surface area is 171 Å². The molecule has 0 saturated heterocycles. The molecule has 1 aromatic rings. The minimum absolute atomic E-state index is 0. The molecule has 0 N–H and O–H groups in total. The first-order valence-electron chi connectivity index (χ1n) is 9.44. The minimum atomic E-state index is -0.0144. The van der Waals surface area contributed by atoms with Crippen LogP contribution in [0.2, 0.25) is 0 Å². The first-order valence-corrected chi connectivity index (χ1v) is 12.6. The van der Waals surface area contributed by atoms with Crippen LogP contribution in [0.15, 0.2) is 24.3 Å². The van der Waals surface area contributed by atoms with E-state index in [0.29, 0.717) is 10.3 Å². The summed E-state index contributed by atoms with van der Waals surface area (Å²) in [6.07, 6.45) is 2.55.